The van der Waals surface area contributed by atoms with Crippen LogP contribution in [0.1, 0.15) is 18.0 Å². The lowest BCUT2D eigenvalue weighted by Crippen LogP contribution is -2.44. The molecule has 0 aromatic carbocycles. The van der Waals surface area contributed by atoms with Crippen LogP contribution in [0.2, 0.25) is 0 Å². The Balaban J connectivity index is 2.00. The highest BCUT2D eigenvalue weighted by Crippen LogP contribution is 2.29. The number of rotatable bonds is 1. The van der Waals surface area contributed by atoms with E-state index >= 15 is 0 Å². The Kier molecular flexibility index (Phi) is 2.78. The quantitative estimate of drug-likeness (QED) is 0.811. The fourth-order valence-corrected chi connectivity index (χ4v) is 3.21. The SMILES string of the molecule is CN1CC(N)CC(c2ncnc3sncc23)C1. The summed E-state index contributed by atoms with van der Waals surface area (Å²) in [7, 11) is 2.11. The molecule has 2 aromatic heterocycles. The van der Waals surface area contributed by atoms with Crippen molar-refractivity contribution in [1.29, 1.82) is 0 Å². The predicted molar refractivity (Wildman–Crippen MR) is 68.0 cm³/mol. The minimum atomic E-state index is 0.232. The van der Waals surface area contributed by atoms with Crippen molar-refractivity contribution in [3.8, 4) is 0 Å². The van der Waals surface area contributed by atoms with Gasteiger partial charge in [-0.3, -0.25) is 0 Å². The molecule has 1 saturated heterocycles. The highest BCUT2D eigenvalue weighted by molar-refractivity contribution is 7.12. The second kappa shape index (κ2) is 4.29. The van der Waals surface area contributed by atoms with Crippen molar-refractivity contribution < 1.29 is 0 Å². The molecule has 0 radical (unpaired) electrons. The first-order chi connectivity index (χ1) is 8.24. The van der Waals surface area contributed by atoms with Gasteiger partial charge in [0, 0.05) is 25.0 Å². The van der Waals surface area contributed by atoms with Crippen LogP contribution in [0, 0.1) is 0 Å². The summed E-state index contributed by atoms with van der Waals surface area (Å²) < 4.78 is 4.19. The number of fused-ring (bicyclic) bond motifs is 1. The Labute approximate surface area is 104 Å². The van der Waals surface area contributed by atoms with E-state index in [1.165, 1.54) is 11.5 Å². The summed E-state index contributed by atoms with van der Waals surface area (Å²) in [6, 6.07) is 0.232. The van der Waals surface area contributed by atoms with Gasteiger partial charge in [-0.1, -0.05) is 0 Å². The molecule has 2 N–H and O–H groups in total. The molecule has 6 heteroatoms. The van der Waals surface area contributed by atoms with Crippen LogP contribution in [0.5, 0.6) is 0 Å². The normalized spacial score (nSPS) is 26.5. The Morgan fingerprint density at radius 2 is 2.29 bits per heavy atom. The van der Waals surface area contributed by atoms with Crippen molar-refractivity contribution >= 4 is 21.7 Å². The second-order valence-corrected chi connectivity index (χ2v) is 5.50. The van der Waals surface area contributed by atoms with Crippen LogP contribution in [0.3, 0.4) is 0 Å². The van der Waals surface area contributed by atoms with E-state index in [2.05, 4.69) is 26.3 Å². The maximum absolute atomic E-state index is 6.07. The number of piperidine rings is 1. The van der Waals surface area contributed by atoms with E-state index in [1.54, 1.807) is 6.33 Å². The second-order valence-electron chi connectivity index (χ2n) is 4.72. The number of likely N-dealkylation sites (N-methyl/N-ethyl adjacent to an activating group) is 1. The van der Waals surface area contributed by atoms with Crippen LogP contribution in [0.15, 0.2) is 12.5 Å². The smallest absolute Gasteiger partial charge is 0.147 e. The van der Waals surface area contributed by atoms with Crippen LogP contribution in [-0.2, 0) is 0 Å². The zero-order valence-electron chi connectivity index (χ0n) is 9.71. The lowest BCUT2D eigenvalue weighted by Gasteiger charge is -2.33. The molecular weight excluding hydrogens is 234 g/mol. The zero-order valence-corrected chi connectivity index (χ0v) is 10.5. The van der Waals surface area contributed by atoms with Gasteiger partial charge in [0.25, 0.3) is 0 Å². The van der Waals surface area contributed by atoms with E-state index < -0.39 is 0 Å². The Morgan fingerprint density at radius 1 is 1.41 bits per heavy atom. The molecule has 2 aromatic rings. The highest BCUT2D eigenvalue weighted by Gasteiger charge is 2.26. The fraction of sp³-hybridized carbons (Fsp3) is 0.545. The molecule has 3 rings (SSSR count). The fourth-order valence-electron chi connectivity index (χ4n) is 2.60. The minimum absolute atomic E-state index is 0.232. The van der Waals surface area contributed by atoms with Gasteiger partial charge in [-0.15, -0.1) is 0 Å². The average Bonchev–Trinajstić information content (AvgIpc) is 2.75. The van der Waals surface area contributed by atoms with Crippen molar-refractivity contribution in [3.63, 3.8) is 0 Å². The van der Waals surface area contributed by atoms with Crippen LogP contribution < -0.4 is 5.73 Å². The molecule has 0 spiro atoms. The van der Waals surface area contributed by atoms with E-state index in [4.69, 9.17) is 5.73 Å². The Bertz CT molecular complexity index is 515. The van der Waals surface area contributed by atoms with E-state index in [1.807, 2.05) is 6.20 Å². The molecule has 17 heavy (non-hydrogen) atoms. The molecule has 1 aliphatic rings. The third-order valence-electron chi connectivity index (χ3n) is 3.25. The summed E-state index contributed by atoms with van der Waals surface area (Å²) in [5.41, 5.74) is 7.18. The molecule has 0 bridgehead atoms. The standard InChI is InChI=1S/C11H15N5S/c1-16-4-7(2-8(12)5-16)10-9-3-15-17-11(9)14-6-13-10/h3,6-8H,2,4-5,12H2,1H3. The molecule has 0 saturated carbocycles. The van der Waals surface area contributed by atoms with Gasteiger partial charge in [0.15, 0.2) is 0 Å². The van der Waals surface area contributed by atoms with Crippen LogP contribution >= 0.6 is 11.5 Å². The van der Waals surface area contributed by atoms with Gasteiger partial charge < -0.3 is 10.6 Å². The Hall–Kier alpha value is -1.11. The van der Waals surface area contributed by atoms with Gasteiger partial charge in [0.2, 0.25) is 0 Å². The number of aromatic nitrogens is 3. The van der Waals surface area contributed by atoms with E-state index in [0.29, 0.717) is 5.92 Å². The first-order valence-corrected chi connectivity index (χ1v) is 6.51. The molecule has 0 aliphatic carbocycles. The third kappa shape index (κ3) is 2.03. The maximum Gasteiger partial charge on any atom is 0.147 e. The van der Waals surface area contributed by atoms with Crippen molar-refractivity contribution in [1.82, 2.24) is 19.2 Å². The van der Waals surface area contributed by atoms with Crippen LogP contribution in [0.4, 0.5) is 0 Å². The largest absolute Gasteiger partial charge is 0.327 e. The molecule has 3 heterocycles. The van der Waals surface area contributed by atoms with Crippen molar-refractivity contribution in [2.24, 2.45) is 5.73 Å². The number of hydrogen-bond acceptors (Lipinski definition) is 6. The molecule has 2 unspecified atom stereocenters. The number of nitrogens with two attached hydrogens (primary N) is 1. The number of hydrogen-bond donors (Lipinski definition) is 1. The van der Waals surface area contributed by atoms with Crippen LogP contribution in [-0.4, -0.2) is 45.4 Å². The minimum Gasteiger partial charge on any atom is -0.327 e. The molecular formula is C11H15N5S. The summed E-state index contributed by atoms with van der Waals surface area (Å²) in [6.07, 6.45) is 4.50. The lowest BCUT2D eigenvalue weighted by molar-refractivity contribution is 0.225. The topological polar surface area (TPSA) is 67.9 Å². The van der Waals surface area contributed by atoms with Gasteiger partial charge in [-0.05, 0) is 25.0 Å². The highest BCUT2D eigenvalue weighted by atomic mass is 32.1. The predicted octanol–water partition coefficient (Wildman–Crippen LogP) is 0.833. The Morgan fingerprint density at radius 3 is 3.12 bits per heavy atom. The monoisotopic (exact) mass is 249 g/mol. The third-order valence-corrected chi connectivity index (χ3v) is 3.96. The van der Waals surface area contributed by atoms with E-state index in [0.717, 1.165) is 35.4 Å². The molecule has 0 amide bonds. The van der Waals surface area contributed by atoms with Crippen molar-refractivity contribution in [2.45, 2.75) is 18.4 Å². The van der Waals surface area contributed by atoms with Gasteiger partial charge in [0.05, 0.1) is 17.3 Å². The summed E-state index contributed by atoms with van der Waals surface area (Å²) >= 11 is 1.42. The van der Waals surface area contributed by atoms with Gasteiger partial charge in [-0.2, -0.15) is 4.37 Å². The average molecular weight is 249 g/mol. The summed E-state index contributed by atoms with van der Waals surface area (Å²) in [6.45, 7) is 1.97. The molecule has 1 fully saturated rings. The van der Waals surface area contributed by atoms with Crippen LogP contribution in [0.25, 0.3) is 10.2 Å². The molecule has 2 atom stereocenters. The van der Waals surface area contributed by atoms with E-state index in [-0.39, 0.29) is 6.04 Å². The molecule has 90 valence electrons. The first-order valence-electron chi connectivity index (χ1n) is 5.73. The number of nitrogens with zero attached hydrogens (tertiary/aromatic N) is 4. The summed E-state index contributed by atoms with van der Waals surface area (Å²) in [5.74, 6) is 0.394. The first kappa shape index (κ1) is 11.0. The summed E-state index contributed by atoms with van der Waals surface area (Å²) in [4.78, 5) is 11.9. The van der Waals surface area contributed by atoms with Gasteiger partial charge in [0.1, 0.15) is 11.2 Å². The zero-order chi connectivity index (χ0) is 11.8. The van der Waals surface area contributed by atoms with Gasteiger partial charge in [-0.25, -0.2) is 9.97 Å². The van der Waals surface area contributed by atoms with E-state index in [9.17, 15) is 0 Å². The van der Waals surface area contributed by atoms with Crippen molar-refractivity contribution in [2.75, 3.05) is 20.1 Å². The lowest BCUT2D eigenvalue weighted by atomic mass is 9.91. The number of likely N-dealkylation sites (tertiary alicyclic amines) is 1. The summed E-state index contributed by atoms with van der Waals surface area (Å²) in [5, 5.41) is 1.09. The molecule has 1 aliphatic heterocycles. The van der Waals surface area contributed by atoms with Crippen molar-refractivity contribution in [3.05, 3.63) is 18.2 Å². The molecule has 5 nitrogen and oxygen atoms in total. The maximum atomic E-state index is 6.07. The van der Waals surface area contributed by atoms with Gasteiger partial charge >= 0.3 is 0 Å².